The second-order valence-electron chi connectivity index (χ2n) is 3.94. The molecule has 0 aliphatic carbocycles. The van der Waals surface area contributed by atoms with Gasteiger partial charge in [0.15, 0.2) is 0 Å². The van der Waals surface area contributed by atoms with Gasteiger partial charge in [0.1, 0.15) is 5.75 Å². The van der Waals surface area contributed by atoms with E-state index in [9.17, 15) is 0 Å². The van der Waals surface area contributed by atoms with Crippen LogP contribution in [0.2, 0.25) is 0 Å². The van der Waals surface area contributed by atoms with Gasteiger partial charge in [0, 0.05) is 12.0 Å². The smallest absolute Gasteiger partial charge is 0.119 e. The van der Waals surface area contributed by atoms with Crippen molar-refractivity contribution in [3.63, 3.8) is 0 Å². The molecule has 0 bridgehead atoms. The first-order valence-electron chi connectivity index (χ1n) is 5.73. The van der Waals surface area contributed by atoms with Crippen LogP contribution in [0.5, 0.6) is 5.75 Å². The first-order chi connectivity index (χ1) is 8.83. The Morgan fingerprint density at radius 1 is 1.11 bits per heavy atom. The highest BCUT2D eigenvalue weighted by Gasteiger charge is 2.06. The van der Waals surface area contributed by atoms with Gasteiger partial charge in [-0.05, 0) is 17.7 Å². The summed E-state index contributed by atoms with van der Waals surface area (Å²) in [5, 5.41) is 12.5. The van der Waals surface area contributed by atoms with Crippen LogP contribution in [0.3, 0.4) is 0 Å². The van der Waals surface area contributed by atoms with E-state index in [1.165, 1.54) is 0 Å². The topological polar surface area (TPSA) is 41.8 Å². The zero-order chi connectivity index (χ0) is 12.8. The van der Waals surface area contributed by atoms with Gasteiger partial charge in [-0.15, -0.1) is 0 Å². The molecule has 2 aromatic rings. The Bertz CT molecular complexity index is 535. The first kappa shape index (κ1) is 12.2. The molecule has 0 atom stereocenters. The number of hydrogen-bond donors (Lipinski definition) is 1. The van der Waals surface area contributed by atoms with Crippen LogP contribution in [0.25, 0.3) is 0 Å². The molecule has 18 heavy (non-hydrogen) atoms. The van der Waals surface area contributed by atoms with Crippen LogP contribution in [-0.2, 0) is 6.42 Å². The largest absolute Gasteiger partial charge is 0.497 e. The van der Waals surface area contributed by atoms with Crippen molar-refractivity contribution in [3.05, 3.63) is 65.7 Å². The van der Waals surface area contributed by atoms with Crippen LogP contribution in [-0.4, -0.2) is 18.0 Å². The third kappa shape index (κ3) is 2.88. The van der Waals surface area contributed by atoms with Crippen LogP contribution < -0.4 is 4.74 Å². The summed E-state index contributed by atoms with van der Waals surface area (Å²) in [6.07, 6.45) is 0.588. The lowest BCUT2D eigenvalue weighted by atomic mass is 10.0. The average molecular weight is 241 g/mol. The second-order valence-corrected chi connectivity index (χ2v) is 3.94. The second kappa shape index (κ2) is 5.87. The number of ether oxygens (including phenoxy) is 1. The Hall–Kier alpha value is -2.29. The highest BCUT2D eigenvalue weighted by Crippen LogP contribution is 2.15. The predicted octanol–water partition coefficient (Wildman–Crippen LogP) is 3.12. The van der Waals surface area contributed by atoms with Crippen molar-refractivity contribution in [3.8, 4) is 5.75 Å². The van der Waals surface area contributed by atoms with Crippen molar-refractivity contribution < 1.29 is 9.94 Å². The lowest BCUT2D eigenvalue weighted by Crippen LogP contribution is -2.05. The summed E-state index contributed by atoms with van der Waals surface area (Å²) in [6, 6.07) is 17.4. The summed E-state index contributed by atoms with van der Waals surface area (Å²) in [6.45, 7) is 0. The Labute approximate surface area is 106 Å². The molecule has 2 rings (SSSR count). The molecule has 1 N–H and O–H groups in total. The lowest BCUT2D eigenvalue weighted by molar-refractivity contribution is 0.318. The molecular weight excluding hydrogens is 226 g/mol. The summed E-state index contributed by atoms with van der Waals surface area (Å²) < 4.78 is 5.16. The fourth-order valence-electron chi connectivity index (χ4n) is 1.79. The van der Waals surface area contributed by atoms with E-state index in [0.29, 0.717) is 12.1 Å². The van der Waals surface area contributed by atoms with Crippen molar-refractivity contribution in [2.24, 2.45) is 5.16 Å². The molecule has 0 aliphatic heterocycles. The SMILES string of the molecule is COc1cccc(/C(Cc2ccccc2)=N/O)c1. The lowest BCUT2D eigenvalue weighted by Gasteiger charge is -2.07. The molecule has 0 unspecified atom stereocenters. The van der Waals surface area contributed by atoms with Gasteiger partial charge in [-0.1, -0.05) is 47.6 Å². The average Bonchev–Trinajstić information content (AvgIpc) is 2.46. The van der Waals surface area contributed by atoms with Crippen LogP contribution in [0, 0.1) is 0 Å². The Kier molecular flexibility index (Phi) is 3.97. The van der Waals surface area contributed by atoms with Gasteiger partial charge < -0.3 is 9.94 Å². The van der Waals surface area contributed by atoms with E-state index in [1.54, 1.807) is 7.11 Å². The van der Waals surface area contributed by atoms with Crippen molar-refractivity contribution in [2.45, 2.75) is 6.42 Å². The normalized spacial score (nSPS) is 11.3. The minimum atomic E-state index is 0.588. The summed E-state index contributed by atoms with van der Waals surface area (Å²) in [5.41, 5.74) is 2.59. The minimum Gasteiger partial charge on any atom is -0.497 e. The summed E-state index contributed by atoms with van der Waals surface area (Å²) in [4.78, 5) is 0. The molecule has 0 spiro atoms. The number of oxime groups is 1. The van der Waals surface area contributed by atoms with Crippen molar-refractivity contribution >= 4 is 5.71 Å². The van der Waals surface area contributed by atoms with Crippen LogP contribution >= 0.6 is 0 Å². The maximum atomic E-state index is 9.15. The van der Waals surface area contributed by atoms with Gasteiger partial charge in [0.2, 0.25) is 0 Å². The van der Waals surface area contributed by atoms with Crippen molar-refractivity contribution in [1.29, 1.82) is 0 Å². The number of hydrogen-bond acceptors (Lipinski definition) is 3. The van der Waals surface area contributed by atoms with E-state index in [0.717, 1.165) is 16.9 Å². The quantitative estimate of drug-likeness (QED) is 0.507. The first-order valence-corrected chi connectivity index (χ1v) is 5.73. The molecule has 0 heterocycles. The zero-order valence-electron chi connectivity index (χ0n) is 10.2. The highest BCUT2D eigenvalue weighted by molar-refractivity contribution is 6.01. The van der Waals surface area contributed by atoms with Crippen LogP contribution in [0.15, 0.2) is 59.8 Å². The van der Waals surface area contributed by atoms with Crippen LogP contribution in [0.4, 0.5) is 0 Å². The summed E-state index contributed by atoms with van der Waals surface area (Å²) >= 11 is 0. The van der Waals surface area contributed by atoms with Crippen LogP contribution in [0.1, 0.15) is 11.1 Å². The van der Waals surface area contributed by atoms with E-state index in [1.807, 2.05) is 54.6 Å². The van der Waals surface area contributed by atoms with Crippen molar-refractivity contribution in [1.82, 2.24) is 0 Å². The van der Waals surface area contributed by atoms with Gasteiger partial charge in [-0.2, -0.15) is 0 Å². The monoisotopic (exact) mass is 241 g/mol. The maximum Gasteiger partial charge on any atom is 0.119 e. The molecule has 0 fully saturated rings. The summed E-state index contributed by atoms with van der Waals surface area (Å²) in [5.74, 6) is 0.752. The standard InChI is InChI=1S/C15H15NO2/c1-18-14-9-5-8-13(11-14)15(16-17)10-12-6-3-2-4-7-12/h2-9,11,17H,10H2,1H3/b16-15+. The van der Waals surface area contributed by atoms with E-state index >= 15 is 0 Å². The Balaban J connectivity index is 2.24. The minimum absolute atomic E-state index is 0.588. The number of nitrogens with zero attached hydrogens (tertiary/aromatic N) is 1. The maximum absolute atomic E-state index is 9.15. The molecule has 0 radical (unpaired) electrons. The molecular formula is C15H15NO2. The third-order valence-corrected chi connectivity index (χ3v) is 2.74. The molecule has 92 valence electrons. The molecule has 0 saturated heterocycles. The molecule has 2 aromatic carbocycles. The van der Waals surface area contributed by atoms with Gasteiger partial charge in [-0.25, -0.2) is 0 Å². The number of rotatable bonds is 4. The Morgan fingerprint density at radius 3 is 2.56 bits per heavy atom. The van der Waals surface area contributed by atoms with E-state index in [4.69, 9.17) is 9.94 Å². The van der Waals surface area contributed by atoms with E-state index in [2.05, 4.69) is 5.16 Å². The van der Waals surface area contributed by atoms with E-state index < -0.39 is 0 Å². The fraction of sp³-hybridized carbons (Fsp3) is 0.133. The zero-order valence-corrected chi connectivity index (χ0v) is 10.2. The van der Waals surface area contributed by atoms with Gasteiger partial charge in [0.25, 0.3) is 0 Å². The Morgan fingerprint density at radius 2 is 1.89 bits per heavy atom. The number of benzene rings is 2. The molecule has 0 saturated carbocycles. The number of methoxy groups -OCH3 is 1. The molecule has 3 heteroatoms. The third-order valence-electron chi connectivity index (χ3n) is 2.74. The molecule has 0 aromatic heterocycles. The predicted molar refractivity (Wildman–Crippen MR) is 71.5 cm³/mol. The van der Waals surface area contributed by atoms with E-state index in [-0.39, 0.29) is 0 Å². The van der Waals surface area contributed by atoms with Gasteiger partial charge in [0.05, 0.1) is 12.8 Å². The van der Waals surface area contributed by atoms with Gasteiger partial charge in [-0.3, -0.25) is 0 Å². The highest BCUT2D eigenvalue weighted by atomic mass is 16.5. The van der Waals surface area contributed by atoms with Gasteiger partial charge >= 0.3 is 0 Å². The van der Waals surface area contributed by atoms with Crippen molar-refractivity contribution in [2.75, 3.05) is 7.11 Å². The molecule has 0 amide bonds. The molecule has 0 aliphatic rings. The summed E-state index contributed by atoms with van der Waals surface area (Å²) in [7, 11) is 1.62. The fourth-order valence-corrected chi connectivity index (χ4v) is 1.79. The molecule has 3 nitrogen and oxygen atoms in total.